The molecular formula is C26H22BN5. The summed E-state index contributed by atoms with van der Waals surface area (Å²) in [5.74, 6) is 0.794. The fraction of sp³-hybridized carbons (Fsp3) is 0.115. The van der Waals surface area contributed by atoms with Crippen molar-refractivity contribution in [2.45, 2.75) is 20.0 Å². The third-order valence-electron chi connectivity index (χ3n) is 5.36. The Morgan fingerprint density at radius 1 is 0.875 bits per heavy atom. The summed E-state index contributed by atoms with van der Waals surface area (Å²) in [5.41, 5.74) is 6.69. The Morgan fingerprint density at radius 2 is 1.75 bits per heavy atom. The minimum absolute atomic E-state index is 0.489. The fourth-order valence-electron chi connectivity index (χ4n) is 3.86. The molecule has 6 heteroatoms. The van der Waals surface area contributed by atoms with E-state index in [2.05, 4.69) is 40.3 Å². The zero-order chi connectivity index (χ0) is 21.9. The number of aryl methyl sites for hydroxylation is 1. The number of hydrogen-bond donors (Lipinski definition) is 1. The molecule has 154 valence electrons. The van der Waals surface area contributed by atoms with Gasteiger partial charge in [-0.1, -0.05) is 48.5 Å². The number of nitrogens with zero attached hydrogens (tertiary/aromatic N) is 4. The van der Waals surface area contributed by atoms with Gasteiger partial charge in [0.15, 0.2) is 7.98 Å². The van der Waals surface area contributed by atoms with Crippen LogP contribution < -0.4 is 0 Å². The summed E-state index contributed by atoms with van der Waals surface area (Å²) in [6.45, 7) is 3.11. The Hall–Kier alpha value is -3.77. The summed E-state index contributed by atoms with van der Waals surface area (Å²) in [4.78, 5) is 19.3. The van der Waals surface area contributed by atoms with Crippen LogP contribution in [0, 0.1) is 6.92 Å². The van der Waals surface area contributed by atoms with Crippen LogP contribution in [0.3, 0.4) is 0 Å². The van der Waals surface area contributed by atoms with Crippen molar-refractivity contribution in [2.75, 3.05) is 0 Å². The van der Waals surface area contributed by atoms with Crippen molar-refractivity contribution in [3.05, 3.63) is 102 Å². The summed E-state index contributed by atoms with van der Waals surface area (Å²) in [5, 5.41) is 1.07. The standard InChI is InChI=1S/C26H22BN5/c1-18-7-5-11-23(29-18)26-25(21-12-13-22-20(15-21)10-6-14-28-22)30-24(31-26)17-32(27)16-19-8-3-2-4-9-19/h2-15H,16-17H2,1H3,(H,30,31). The van der Waals surface area contributed by atoms with Crippen LogP contribution in [0.25, 0.3) is 33.5 Å². The highest BCUT2D eigenvalue weighted by atomic mass is 15.1. The van der Waals surface area contributed by atoms with Crippen molar-refractivity contribution in [1.29, 1.82) is 0 Å². The highest BCUT2D eigenvalue weighted by Crippen LogP contribution is 2.31. The number of benzene rings is 2. The topological polar surface area (TPSA) is 57.7 Å². The van der Waals surface area contributed by atoms with Gasteiger partial charge in [0.2, 0.25) is 0 Å². The third kappa shape index (κ3) is 4.31. The second-order valence-corrected chi connectivity index (χ2v) is 7.87. The number of pyridine rings is 2. The van der Waals surface area contributed by atoms with Crippen LogP contribution in [0.1, 0.15) is 17.1 Å². The number of nitrogens with one attached hydrogen (secondary N) is 1. The van der Waals surface area contributed by atoms with Gasteiger partial charge in [-0.3, -0.25) is 9.97 Å². The molecule has 0 fully saturated rings. The van der Waals surface area contributed by atoms with E-state index < -0.39 is 0 Å². The van der Waals surface area contributed by atoms with Gasteiger partial charge in [-0.2, -0.15) is 0 Å². The highest BCUT2D eigenvalue weighted by Gasteiger charge is 2.17. The molecule has 2 radical (unpaired) electrons. The Labute approximate surface area is 188 Å². The van der Waals surface area contributed by atoms with Crippen molar-refractivity contribution >= 4 is 18.9 Å². The second-order valence-electron chi connectivity index (χ2n) is 7.87. The molecule has 5 nitrogen and oxygen atoms in total. The molecule has 32 heavy (non-hydrogen) atoms. The number of aromatic amines is 1. The molecule has 0 saturated carbocycles. The molecule has 0 aliphatic rings. The number of imidazole rings is 1. The largest absolute Gasteiger partial charge is 0.344 e. The average Bonchev–Trinajstić information content (AvgIpc) is 3.23. The first-order chi connectivity index (χ1) is 15.7. The molecule has 3 aromatic heterocycles. The van der Waals surface area contributed by atoms with Crippen LogP contribution in [0.4, 0.5) is 0 Å². The summed E-state index contributed by atoms with van der Waals surface area (Å²) in [7, 11) is 6.32. The van der Waals surface area contributed by atoms with E-state index in [1.807, 2.05) is 55.5 Å². The highest BCUT2D eigenvalue weighted by molar-refractivity contribution is 6.04. The molecule has 3 heterocycles. The molecule has 0 bridgehead atoms. The number of rotatable bonds is 6. The number of fused-ring (bicyclic) bond motifs is 1. The van der Waals surface area contributed by atoms with Gasteiger partial charge in [0.25, 0.3) is 0 Å². The SMILES string of the molecule is [B]N(Cc1ccccc1)Cc1nc(-c2ccc3ncccc3c2)c(-c2cccc(C)n2)[nH]1. The summed E-state index contributed by atoms with van der Waals surface area (Å²) < 4.78 is 0. The van der Waals surface area contributed by atoms with E-state index in [0.29, 0.717) is 13.1 Å². The lowest BCUT2D eigenvalue weighted by molar-refractivity contribution is 0.432. The average molecular weight is 415 g/mol. The maximum Gasteiger partial charge on any atom is 0.183 e. The molecule has 5 rings (SSSR count). The van der Waals surface area contributed by atoms with Crippen LogP contribution >= 0.6 is 0 Å². The van der Waals surface area contributed by atoms with E-state index in [9.17, 15) is 0 Å². The predicted molar refractivity (Wildman–Crippen MR) is 129 cm³/mol. The zero-order valence-corrected chi connectivity index (χ0v) is 17.9. The first kappa shape index (κ1) is 20.2. The van der Waals surface area contributed by atoms with Crippen molar-refractivity contribution in [1.82, 2.24) is 24.7 Å². The van der Waals surface area contributed by atoms with Crippen LogP contribution in [-0.2, 0) is 13.1 Å². The van der Waals surface area contributed by atoms with E-state index in [-0.39, 0.29) is 0 Å². The number of H-pyrrole nitrogens is 1. The van der Waals surface area contributed by atoms with Gasteiger partial charge in [-0.15, -0.1) is 0 Å². The van der Waals surface area contributed by atoms with Crippen LogP contribution in [0.2, 0.25) is 0 Å². The third-order valence-corrected chi connectivity index (χ3v) is 5.36. The molecule has 0 aliphatic carbocycles. The molecular weight excluding hydrogens is 393 g/mol. The van der Waals surface area contributed by atoms with E-state index in [4.69, 9.17) is 17.9 Å². The van der Waals surface area contributed by atoms with Crippen LogP contribution in [-0.4, -0.2) is 32.7 Å². The molecule has 0 amide bonds. The summed E-state index contributed by atoms with van der Waals surface area (Å²) in [6, 6.07) is 26.4. The molecule has 0 unspecified atom stereocenters. The van der Waals surface area contributed by atoms with E-state index in [0.717, 1.165) is 50.6 Å². The van der Waals surface area contributed by atoms with Crippen molar-refractivity contribution < 1.29 is 0 Å². The molecule has 0 saturated heterocycles. The Bertz CT molecular complexity index is 1360. The second kappa shape index (κ2) is 8.77. The first-order valence-electron chi connectivity index (χ1n) is 10.6. The van der Waals surface area contributed by atoms with E-state index in [1.165, 1.54) is 0 Å². The van der Waals surface area contributed by atoms with Crippen molar-refractivity contribution in [3.63, 3.8) is 0 Å². The normalized spacial score (nSPS) is 11.3. The number of hydrogen-bond acceptors (Lipinski definition) is 4. The van der Waals surface area contributed by atoms with Gasteiger partial charge in [-0.25, -0.2) is 4.98 Å². The van der Waals surface area contributed by atoms with E-state index in [1.54, 1.807) is 11.0 Å². The maximum atomic E-state index is 6.32. The lowest BCUT2D eigenvalue weighted by Gasteiger charge is -2.15. The minimum Gasteiger partial charge on any atom is -0.344 e. The van der Waals surface area contributed by atoms with Gasteiger partial charge < -0.3 is 9.79 Å². The molecule has 0 spiro atoms. The first-order valence-corrected chi connectivity index (χ1v) is 10.6. The fourth-order valence-corrected chi connectivity index (χ4v) is 3.86. The molecule has 1 N–H and O–H groups in total. The summed E-state index contributed by atoms with van der Waals surface area (Å²) in [6.07, 6.45) is 1.80. The van der Waals surface area contributed by atoms with Gasteiger partial charge in [-0.05, 0) is 42.8 Å². The quantitative estimate of drug-likeness (QED) is 0.393. The van der Waals surface area contributed by atoms with Gasteiger partial charge in [0.1, 0.15) is 5.82 Å². The number of aromatic nitrogens is 4. The minimum atomic E-state index is 0.489. The smallest absolute Gasteiger partial charge is 0.183 e. The van der Waals surface area contributed by atoms with Gasteiger partial charge in [0, 0.05) is 35.9 Å². The molecule has 0 aliphatic heterocycles. The van der Waals surface area contributed by atoms with E-state index >= 15 is 0 Å². The molecule has 5 aromatic rings. The van der Waals surface area contributed by atoms with Gasteiger partial charge >= 0.3 is 0 Å². The van der Waals surface area contributed by atoms with Crippen LogP contribution in [0.15, 0.2) is 85.1 Å². The molecule has 2 aromatic carbocycles. The lowest BCUT2D eigenvalue weighted by atomic mass is 10.1. The lowest BCUT2D eigenvalue weighted by Crippen LogP contribution is -2.19. The Balaban J connectivity index is 1.53. The zero-order valence-electron chi connectivity index (χ0n) is 17.9. The van der Waals surface area contributed by atoms with Crippen molar-refractivity contribution in [2.24, 2.45) is 0 Å². The Kier molecular flexibility index (Phi) is 5.52. The molecule has 0 atom stereocenters. The Morgan fingerprint density at radius 3 is 2.59 bits per heavy atom. The summed E-state index contributed by atoms with van der Waals surface area (Å²) >= 11 is 0. The van der Waals surface area contributed by atoms with Gasteiger partial charge in [0.05, 0.1) is 22.6 Å². The maximum absolute atomic E-state index is 6.32. The van der Waals surface area contributed by atoms with Crippen molar-refractivity contribution in [3.8, 4) is 22.6 Å². The monoisotopic (exact) mass is 415 g/mol. The van der Waals surface area contributed by atoms with Crippen LogP contribution in [0.5, 0.6) is 0 Å². The predicted octanol–water partition coefficient (Wildman–Crippen LogP) is 5.08.